The van der Waals surface area contributed by atoms with Crippen LogP contribution in [-0.4, -0.2) is 5.78 Å². The number of allylic oxidation sites excluding steroid dienone is 1. The summed E-state index contributed by atoms with van der Waals surface area (Å²) in [5, 5.41) is 0.729. The van der Waals surface area contributed by atoms with Gasteiger partial charge in [0.1, 0.15) is 0 Å². The van der Waals surface area contributed by atoms with E-state index < -0.39 is 0 Å². The Bertz CT molecular complexity index is 512. The van der Waals surface area contributed by atoms with E-state index in [2.05, 4.69) is 0 Å². The van der Waals surface area contributed by atoms with Gasteiger partial charge in [0.15, 0.2) is 5.78 Å². The van der Waals surface area contributed by atoms with Crippen LogP contribution < -0.4 is 0 Å². The van der Waals surface area contributed by atoms with E-state index in [1.54, 1.807) is 0 Å². The van der Waals surface area contributed by atoms with Crippen molar-refractivity contribution in [1.29, 1.82) is 0 Å². The van der Waals surface area contributed by atoms with Crippen LogP contribution in [0, 0.1) is 11.8 Å². The first kappa shape index (κ1) is 12.9. The van der Waals surface area contributed by atoms with Gasteiger partial charge in [0.2, 0.25) is 0 Å². The molecule has 3 rings (SSSR count). The minimum absolute atomic E-state index is 0.288. The van der Waals surface area contributed by atoms with Crippen molar-refractivity contribution in [3.8, 4) is 0 Å². The summed E-state index contributed by atoms with van der Waals surface area (Å²) in [4.78, 5) is 12.5. The molecule has 2 fully saturated rings. The number of carbonyl (C=O) groups is 1. The summed E-state index contributed by atoms with van der Waals surface area (Å²) in [5.74, 6) is 1.31. The van der Waals surface area contributed by atoms with Crippen molar-refractivity contribution >= 4 is 23.5 Å². The van der Waals surface area contributed by atoms with Crippen molar-refractivity contribution in [3.63, 3.8) is 0 Å². The fraction of sp³-hybridized carbons (Fsp3) is 0.471. The lowest BCUT2D eigenvalue weighted by Gasteiger charge is -2.15. The first-order valence-corrected chi connectivity index (χ1v) is 7.63. The van der Waals surface area contributed by atoms with Gasteiger partial charge in [-0.3, -0.25) is 4.79 Å². The Kier molecular flexibility index (Phi) is 3.74. The predicted octanol–water partition coefficient (Wildman–Crippen LogP) is 4.89. The van der Waals surface area contributed by atoms with Crippen LogP contribution in [0.4, 0.5) is 0 Å². The largest absolute Gasteiger partial charge is 0.294 e. The molecule has 1 atom stereocenters. The first-order chi connectivity index (χ1) is 9.25. The van der Waals surface area contributed by atoms with Crippen LogP contribution in [-0.2, 0) is 4.79 Å². The van der Waals surface area contributed by atoms with Crippen molar-refractivity contribution in [3.05, 3.63) is 40.4 Å². The maximum atomic E-state index is 12.5. The molecule has 0 amide bonds. The molecule has 19 heavy (non-hydrogen) atoms. The average molecular weight is 275 g/mol. The molecule has 0 spiro atoms. The first-order valence-electron chi connectivity index (χ1n) is 7.25. The van der Waals surface area contributed by atoms with Crippen molar-refractivity contribution in [2.75, 3.05) is 0 Å². The fourth-order valence-electron chi connectivity index (χ4n) is 3.54. The molecule has 0 bridgehead atoms. The molecule has 1 nitrogen and oxygen atoms in total. The molecular weight excluding hydrogens is 256 g/mol. The summed E-state index contributed by atoms with van der Waals surface area (Å²) >= 11 is 6.16. The Hall–Kier alpha value is -1.08. The molecule has 0 aromatic heterocycles. The molecular formula is C17H19ClO. The molecule has 0 aliphatic heterocycles. The number of carbonyl (C=O) groups excluding carboxylic acids is 1. The Labute approximate surface area is 119 Å². The van der Waals surface area contributed by atoms with Gasteiger partial charge in [-0.25, -0.2) is 0 Å². The standard InChI is InChI=1S/C17H19ClO/c18-16-8-4-3-7-13(16)11-14-9-10-15(17(14)19)12-5-1-2-6-12/h3-4,7-8,11-12,15H,1-2,5-6,9-10H2. The summed E-state index contributed by atoms with van der Waals surface area (Å²) in [6.45, 7) is 0. The highest BCUT2D eigenvalue weighted by Crippen LogP contribution is 2.41. The number of halogens is 1. The zero-order chi connectivity index (χ0) is 13.2. The van der Waals surface area contributed by atoms with Gasteiger partial charge in [-0.2, -0.15) is 0 Å². The predicted molar refractivity (Wildman–Crippen MR) is 79.1 cm³/mol. The van der Waals surface area contributed by atoms with Crippen LogP contribution in [0.5, 0.6) is 0 Å². The summed E-state index contributed by atoms with van der Waals surface area (Å²) in [5.41, 5.74) is 1.95. The van der Waals surface area contributed by atoms with Crippen LogP contribution in [0.2, 0.25) is 5.02 Å². The Morgan fingerprint density at radius 1 is 1.11 bits per heavy atom. The van der Waals surface area contributed by atoms with E-state index in [1.165, 1.54) is 25.7 Å². The quantitative estimate of drug-likeness (QED) is 0.702. The third-order valence-electron chi connectivity index (χ3n) is 4.58. The van der Waals surface area contributed by atoms with Crippen LogP contribution in [0.15, 0.2) is 29.8 Å². The van der Waals surface area contributed by atoms with Crippen molar-refractivity contribution in [2.45, 2.75) is 38.5 Å². The number of rotatable bonds is 2. The SMILES string of the molecule is O=C1C(=Cc2ccccc2Cl)CCC1C1CCCC1. The highest BCUT2D eigenvalue weighted by molar-refractivity contribution is 6.32. The van der Waals surface area contributed by atoms with E-state index in [0.717, 1.165) is 29.0 Å². The van der Waals surface area contributed by atoms with Gasteiger partial charge >= 0.3 is 0 Å². The third kappa shape index (κ3) is 2.62. The Morgan fingerprint density at radius 2 is 1.84 bits per heavy atom. The summed E-state index contributed by atoms with van der Waals surface area (Å²) < 4.78 is 0. The smallest absolute Gasteiger partial charge is 0.162 e. The van der Waals surface area contributed by atoms with Crippen LogP contribution in [0.3, 0.4) is 0 Å². The van der Waals surface area contributed by atoms with Gasteiger partial charge < -0.3 is 0 Å². The molecule has 0 saturated heterocycles. The van der Waals surface area contributed by atoms with Crippen LogP contribution >= 0.6 is 11.6 Å². The number of Topliss-reactive ketones (excluding diaryl/α,β-unsaturated/α-hetero) is 1. The van der Waals surface area contributed by atoms with E-state index >= 15 is 0 Å². The van der Waals surface area contributed by atoms with Gasteiger partial charge in [-0.05, 0) is 54.9 Å². The molecule has 1 aromatic rings. The molecule has 1 unspecified atom stereocenters. The third-order valence-corrected chi connectivity index (χ3v) is 4.93. The van der Waals surface area contributed by atoms with Gasteiger partial charge in [0, 0.05) is 10.9 Å². The molecule has 0 N–H and O–H groups in total. The highest BCUT2D eigenvalue weighted by Gasteiger charge is 2.36. The second kappa shape index (κ2) is 5.50. The number of benzene rings is 1. The van der Waals surface area contributed by atoms with Crippen molar-refractivity contribution in [1.82, 2.24) is 0 Å². The Balaban J connectivity index is 1.80. The number of hydrogen-bond acceptors (Lipinski definition) is 1. The summed E-state index contributed by atoms with van der Waals surface area (Å²) in [6.07, 6.45) is 9.06. The van der Waals surface area contributed by atoms with Crippen molar-refractivity contribution in [2.24, 2.45) is 11.8 Å². The molecule has 2 aliphatic rings. The van der Waals surface area contributed by atoms with E-state index in [0.29, 0.717) is 11.7 Å². The average Bonchev–Trinajstić information content (AvgIpc) is 3.03. The number of hydrogen-bond donors (Lipinski definition) is 0. The van der Waals surface area contributed by atoms with Gasteiger partial charge in [0.25, 0.3) is 0 Å². The molecule has 1 aromatic carbocycles. The molecule has 2 saturated carbocycles. The fourth-order valence-corrected chi connectivity index (χ4v) is 3.73. The monoisotopic (exact) mass is 274 g/mol. The van der Waals surface area contributed by atoms with Gasteiger partial charge in [-0.1, -0.05) is 42.6 Å². The maximum Gasteiger partial charge on any atom is 0.162 e. The highest BCUT2D eigenvalue weighted by atomic mass is 35.5. The van der Waals surface area contributed by atoms with E-state index in [1.807, 2.05) is 30.3 Å². The zero-order valence-electron chi connectivity index (χ0n) is 11.1. The van der Waals surface area contributed by atoms with E-state index in [4.69, 9.17) is 11.6 Å². The van der Waals surface area contributed by atoms with Crippen LogP contribution in [0.1, 0.15) is 44.1 Å². The molecule has 2 heteroatoms. The lowest BCUT2D eigenvalue weighted by atomic mass is 9.88. The van der Waals surface area contributed by atoms with Gasteiger partial charge in [-0.15, -0.1) is 0 Å². The number of ketones is 1. The van der Waals surface area contributed by atoms with E-state index in [9.17, 15) is 4.79 Å². The lowest BCUT2D eigenvalue weighted by Crippen LogP contribution is -2.16. The zero-order valence-corrected chi connectivity index (χ0v) is 11.8. The molecule has 2 aliphatic carbocycles. The lowest BCUT2D eigenvalue weighted by molar-refractivity contribution is -0.119. The molecule has 100 valence electrons. The normalized spacial score (nSPS) is 26.5. The minimum Gasteiger partial charge on any atom is -0.294 e. The van der Waals surface area contributed by atoms with E-state index in [-0.39, 0.29) is 5.92 Å². The second-order valence-electron chi connectivity index (χ2n) is 5.75. The Morgan fingerprint density at radius 3 is 2.58 bits per heavy atom. The molecule has 0 heterocycles. The van der Waals surface area contributed by atoms with Crippen molar-refractivity contribution < 1.29 is 4.79 Å². The minimum atomic E-state index is 0.288. The maximum absolute atomic E-state index is 12.5. The molecule has 0 radical (unpaired) electrons. The van der Waals surface area contributed by atoms with Gasteiger partial charge in [0.05, 0.1) is 0 Å². The second-order valence-corrected chi connectivity index (χ2v) is 6.15. The van der Waals surface area contributed by atoms with Crippen LogP contribution in [0.25, 0.3) is 6.08 Å². The topological polar surface area (TPSA) is 17.1 Å². The summed E-state index contributed by atoms with van der Waals surface area (Å²) in [7, 11) is 0. The summed E-state index contributed by atoms with van der Waals surface area (Å²) in [6, 6.07) is 7.74.